The van der Waals surface area contributed by atoms with E-state index in [0.29, 0.717) is 11.6 Å². The number of nitrogens with zero attached hydrogens (tertiary/aromatic N) is 1. The summed E-state index contributed by atoms with van der Waals surface area (Å²) >= 11 is 0. The average Bonchev–Trinajstić information content (AvgIpc) is 2.93. The van der Waals surface area contributed by atoms with Crippen molar-refractivity contribution in [1.29, 1.82) is 0 Å². The van der Waals surface area contributed by atoms with Gasteiger partial charge in [0.2, 0.25) is 15.9 Å². The van der Waals surface area contributed by atoms with Gasteiger partial charge in [-0.1, -0.05) is 19.8 Å². The quantitative estimate of drug-likeness (QED) is 0.756. The summed E-state index contributed by atoms with van der Waals surface area (Å²) in [5.41, 5.74) is 1.78. The lowest BCUT2D eigenvalue weighted by Gasteiger charge is -2.26. The maximum atomic E-state index is 12.3. The summed E-state index contributed by atoms with van der Waals surface area (Å²) in [4.78, 5) is 14.6. The first kappa shape index (κ1) is 21.1. The minimum atomic E-state index is -3.62. The van der Waals surface area contributed by atoms with E-state index in [0.717, 1.165) is 44.5 Å². The number of rotatable bonds is 6. The van der Waals surface area contributed by atoms with Crippen LogP contribution in [0, 0.1) is 5.92 Å². The van der Waals surface area contributed by atoms with Crippen LogP contribution in [0.5, 0.6) is 0 Å². The number of anilines is 2. The molecule has 1 aliphatic heterocycles. The van der Waals surface area contributed by atoms with Gasteiger partial charge in [-0.05, 0) is 68.7 Å². The second-order valence-electron chi connectivity index (χ2n) is 8.33. The van der Waals surface area contributed by atoms with Gasteiger partial charge in [-0.25, -0.2) is 13.1 Å². The molecule has 0 aromatic heterocycles. The van der Waals surface area contributed by atoms with Crippen molar-refractivity contribution < 1.29 is 13.2 Å². The fourth-order valence-corrected chi connectivity index (χ4v) is 5.37. The van der Waals surface area contributed by atoms with Crippen molar-refractivity contribution in [2.75, 3.05) is 29.1 Å². The van der Waals surface area contributed by atoms with E-state index >= 15 is 0 Å². The molecule has 1 amide bonds. The van der Waals surface area contributed by atoms with Crippen LogP contribution < -0.4 is 14.9 Å². The number of hydrogen-bond acceptors (Lipinski definition) is 4. The monoisotopic (exact) mass is 407 g/mol. The summed E-state index contributed by atoms with van der Waals surface area (Å²) in [7, 11) is -3.62. The van der Waals surface area contributed by atoms with E-state index in [2.05, 4.69) is 21.9 Å². The molecule has 2 fully saturated rings. The van der Waals surface area contributed by atoms with Crippen LogP contribution in [0.3, 0.4) is 0 Å². The Labute approximate surface area is 169 Å². The third kappa shape index (κ3) is 6.48. The fraction of sp³-hybridized carbons (Fsp3) is 0.667. The zero-order chi connectivity index (χ0) is 20.0. The average molecular weight is 408 g/mol. The molecular formula is C21H33N3O3S. The molecule has 6 nitrogen and oxygen atoms in total. The number of nitrogens with one attached hydrogen (secondary N) is 2. The third-order valence-electron chi connectivity index (χ3n) is 5.81. The van der Waals surface area contributed by atoms with Crippen molar-refractivity contribution in [3.05, 3.63) is 24.3 Å². The van der Waals surface area contributed by atoms with Gasteiger partial charge in [0.25, 0.3) is 0 Å². The van der Waals surface area contributed by atoms with E-state index in [1.165, 1.54) is 25.7 Å². The highest BCUT2D eigenvalue weighted by atomic mass is 32.2. The lowest BCUT2D eigenvalue weighted by molar-refractivity contribution is -0.113. The molecule has 1 saturated carbocycles. The molecule has 1 aromatic rings. The predicted octanol–water partition coefficient (Wildman–Crippen LogP) is 3.50. The zero-order valence-corrected chi connectivity index (χ0v) is 17.6. The fourth-order valence-electron chi connectivity index (χ4n) is 4.13. The van der Waals surface area contributed by atoms with Crippen molar-refractivity contribution in [3.63, 3.8) is 0 Å². The van der Waals surface area contributed by atoms with E-state index in [-0.39, 0.29) is 6.04 Å². The molecule has 0 unspecified atom stereocenters. The van der Waals surface area contributed by atoms with Gasteiger partial charge in [0, 0.05) is 30.5 Å². The second kappa shape index (κ2) is 9.74. The molecule has 1 saturated heterocycles. The Kier molecular flexibility index (Phi) is 7.35. The molecule has 0 atom stereocenters. The lowest BCUT2D eigenvalue weighted by Crippen LogP contribution is -2.41. The zero-order valence-electron chi connectivity index (χ0n) is 16.8. The second-order valence-corrected chi connectivity index (χ2v) is 10.1. The highest BCUT2D eigenvalue weighted by molar-refractivity contribution is 7.90. The molecule has 3 rings (SSSR count). The van der Waals surface area contributed by atoms with Crippen LogP contribution >= 0.6 is 0 Å². The molecule has 0 radical (unpaired) electrons. The van der Waals surface area contributed by atoms with Gasteiger partial charge >= 0.3 is 0 Å². The summed E-state index contributed by atoms with van der Waals surface area (Å²) in [6.45, 7) is 4.32. The molecule has 2 N–H and O–H groups in total. The molecule has 2 aliphatic rings. The Balaban J connectivity index is 1.49. The van der Waals surface area contributed by atoms with Crippen LogP contribution in [-0.4, -0.2) is 39.2 Å². The maximum Gasteiger partial charge on any atom is 0.240 e. The summed E-state index contributed by atoms with van der Waals surface area (Å²) in [6, 6.07) is 7.65. The first-order valence-corrected chi connectivity index (χ1v) is 12.2. The number of hydrogen-bond donors (Lipinski definition) is 2. The van der Waals surface area contributed by atoms with Crippen LogP contribution in [0.15, 0.2) is 24.3 Å². The third-order valence-corrected chi connectivity index (χ3v) is 7.14. The Morgan fingerprint density at radius 2 is 1.61 bits per heavy atom. The molecule has 1 aromatic carbocycles. The molecule has 0 spiro atoms. The minimum absolute atomic E-state index is 0.0399. The van der Waals surface area contributed by atoms with Gasteiger partial charge in [-0.3, -0.25) is 4.79 Å². The van der Waals surface area contributed by atoms with E-state index in [1.54, 1.807) is 0 Å². The highest BCUT2D eigenvalue weighted by Crippen LogP contribution is 2.24. The van der Waals surface area contributed by atoms with E-state index in [4.69, 9.17) is 0 Å². The summed E-state index contributed by atoms with van der Waals surface area (Å²) in [5, 5.41) is 2.71. The first-order chi connectivity index (χ1) is 13.4. The SMILES string of the molecule is CC1CCC(NS(=O)(=O)CC(=O)Nc2ccc(N3CCCCCC3)cc2)CC1. The maximum absolute atomic E-state index is 12.3. The van der Waals surface area contributed by atoms with Crippen LogP contribution in [0.25, 0.3) is 0 Å². The van der Waals surface area contributed by atoms with Gasteiger partial charge in [0.05, 0.1) is 0 Å². The van der Waals surface area contributed by atoms with E-state index in [1.807, 2.05) is 24.3 Å². The minimum Gasteiger partial charge on any atom is -0.372 e. The van der Waals surface area contributed by atoms with Gasteiger partial charge in [-0.2, -0.15) is 0 Å². The van der Waals surface area contributed by atoms with Crippen LogP contribution in [0.1, 0.15) is 58.3 Å². The smallest absolute Gasteiger partial charge is 0.240 e. The van der Waals surface area contributed by atoms with Crippen LogP contribution in [0.2, 0.25) is 0 Å². The molecule has 1 heterocycles. The standard InChI is InChI=1S/C21H33N3O3S/c1-17-6-8-19(9-7-17)23-28(26,27)16-21(25)22-18-10-12-20(13-11-18)24-14-4-2-3-5-15-24/h10-13,17,19,23H,2-9,14-16H2,1H3,(H,22,25). The van der Waals surface area contributed by atoms with E-state index in [9.17, 15) is 13.2 Å². The Morgan fingerprint density at radius 3 is 2.21 bits per heavy atom. The Morgan fingerprint density at radius 1 is 1.00 bits per heavy atom. The van der Waals surface area contributed by atoms with Gasteiger partial charge in [-0.15, -0.1) is 0 Å². The predicted molar refractivity (Wildman–Crippen MR) is 114 cm³/mol. The number of benzene rings is 1. The summed E-state index contributed by atoms with van der Waals surface area (Å²) < 4.78 is 27.3. The number of sulfonamides is 1. The van der Waals surface area contributed by atoms with Crippen molar-refractivity contribution in [3.8, 4) is 0 Å². The molecule has 7 heteroatoms. The summed E-state index contributed by atoms with van der Waals surface area (Å²) in [5.74, 6) is -0.382. The topological polar surface area (TPSA) is 78.5 Å². The van der Waals surface area contributed by atoms with Gasteiger partial charge < -0.3 is 10.2 Å². The van der Waals surface area contributed by atoms with Crippen LogP contribution in [-0.2, 0) is 14.8 Å². The molecule has 0 bridgehead atoms. The van der Waals surface area contributed by atoms with Crippen molar-refractivity contribution >= 4 is 27.3 Å². The molecule has 28 heavy (non-hydrogen) atoms. The van der Waals surface area contributed by atoms with Crippen LogP contribution in [0.4, 0.5) is 11.4 Å². The van der Waals surface area contributed by atoms with Crippen molar-refractivity contribution in [2.24, 2.45) is 5.92 Å². The normalized spacial score (nSPS) is 23.8. The molecular weight excluding hydrogens is 374 g/mol. The Hall–Kier alpha value is -1.60. The number of amides is 1. The highest BCUT2D eigenvalue weighted by Gasteiger charge is 2.24. The van der Waals surface area contributed by atoms with Crippen molar-refractivity contribution in [1.82, 2.24) is 4.72 Å². The van der Waals surface area contributed by atoms with Gasteiger partial charge in [0.1, 0.15) is 5.75 Å². The number of carbonyl (C=O) groups is 1. The largest absolute Gasteiger partial charge is 0.372 e. The molecule has 156 valence electrons. The molecule has 1 aliphatic carbocycles. The van der Waals surface area contributed by atoms with Crippen molar-refractivity contribution in [2.45, 2.75) is 64.3 Å². The number of carbonyl (C=O) groups excluding carboxylic acids is 1. The summed E-state index contributed by atoms with van der Waals surface area (Å²) in [6.07, 6.45) is 8.75. The Bertz CT molecular complexity index is 733. The van der Waals surface area contributed by atoms with Gasteiger partial charge in [0.15, 0.2) is 0 Å². The lowest BCUT2D eigenvalue weighted by atomic mass is 9.88. The van der Waals surface area contributed by atoms with E-state index < -0.39 is 21.7 Å². The first-order valence-electron chi connectivity index (χ1n) is 10.6.